The van der Waals surface area contributed by atoms with Crippen LogP contribution in [0, 0.1) is 11.3 Å². The topological polar surface area (TPSA) is 50.8 Å². The Kier molecular flexibility index (Phi) is 6.53. The lowest BCUT2D eigenvalue weighted by molar-refractivity contribution is 0.412. The SMILES string of the molecule is COc1ccccc1-n1cc(-c2ccc(Cl)cc2Cl)nc1SCc1ccc(C#N)cc1. The lowest BCUT2D eigenvalue weighted by atomic mass is 10.2. The van der Waals surface area contributed by atoms with Crippen LogP contribution in [0.4, 0.5) is 0 Å². The van der Waals surface area contributed by atoms with Crippen LogP contribution in [-0.4, -0.2) is 16.7 Å². The maximum absolute atomic E-state index is 9.00. The number of imidazole rings is 1. The molecule has 0 unspecified atom stereocenters. The van der Waals surface area contributed by atoms with Crippen molar-refractivity contribution in [2.45, 2.75) is 10.9 Å². The number of hydrogen-bond acceptors (Lipinski definition) is 4. The second-order valence-electron chi connectivity index (χ2n) is 6.67. The molecule has 0 saturated carbocycles. The Hall–Kier alpha value is -2.91. The van der Waals surface area contributed by atoms with E-state index in [1.165, 1.54) is 0 Å². The molecule has 0 spiro atoms. The number of benzene rings is 3. The zero-order valence-electron chi connectivity index (χ0n) is 16.5. The van der Waals surface area contributed by atoms with E-state index in [1.54, 1.807) is 31.0 Å². The van der Waals surface area contributed by atoms with E-state index in [1.807, 2.05) is 65.4 Å². The molecular formula is C24H17Cl2N3OS. The fraction of sp³-hybridized carbons (Fsp3) is 0.0833. The van der Waals surface area contributed by atoms with Crippen molar-refractivity contribution in [2.75, 3.05) is 7.11 Å². The molecule has 0 aliphatic rings. The van der Waals surface area contributed by atoms with Gasteiger partial charge in [-0.3, -0.25) is 4.57 Å². The third-order valence-electron chi connectivity index (χ3n) is 4.68. The van der Waals surface area contributed by atoms with Crippen molar-refractivity contribution in [3.05, 3.63) is 94.1 Å². The van der Waals surface area contributed by atoms with Crippen molar-refractivity contribution >= 4 is 35.0 Å². The van der Waals surface area contributed by atoms with Crippen molar-refractivity contribution in [1.82, 2.24) is 9.55 Å². The lowest BCUT2D eigenvalue weighted by Gasteiger charge is -2.11. The molecule has 4 nitrogen and oxygen atoms in total. The molecule has 31 heavy (non-hydrogen) atoms. The Morgan fingerprint density at radius 3 is 2.55 bits per heavy atom. The molecule has 154 valence electrons. The molecule has 0 aliphatic carbocycles. The van der Waals surface area contributed by atoms with Gasteiger partial charge < -0.3 is 4.74 Å². The third kappa shape index (κ3) is 4.72. The van der Waals surface area contributed by atoms with Crippen LogP contribution in [0.25, 0.3) is 16.9 Å². The molecule has 1 heterocycles. The van der Waals surface area contributed by atoms with Crippen molar-refractivity contribution in [3.8, 4) is 28.8 Å². The van der Waals surface area contributed by atoms with Gasteiger partial charge in [-0.15, -0.1) is 0 Å². The number of thioether (sulfide) groups is 1. The van der Waals surface area contributed by atoms with E-state index in [4.69, 9.17) is 38.2 Å². The molecule has 3 aromatic carbocycles. The Balaban J connectivity index is 1.74. The number of aromatic nitrogens is 2. The highest BCUT2D eigenvalue weighted by Crippen LogP contribution is 2.35. The normalized spacial score (nSPS) is 10.6. The van der Waals surface area contributed by atoms with Crippen LogP contribution in [0.5, 0.6) is 5.75 Å². The number of hydrogen-bond donors (Lipinski definition) is 0. The zero-order chi connectivity index (χ0) is 21.8. The summed E-state index contributed by atoms with van der Waals surface area (Å²) >= 11 is 14.1. The molecule has 0 aliphatic heterocycles. The fourth-order valence-corrected chi connectivity index (χ4v) is 4.56. The first-order chi connectivity index (χ1) is 15.1. The maximum atomic E-state index is 9.00. The fourth-order valence-electron chi connectivity index (χ4n) is 3.12. The minimum absolute atomic E-state index is 0.542. The third-order valence-corrected chi connectivity index (χ3v) is 6.25. The smallest absolute Gasteiger partial charge is 0.173 e. The summed E-state index contributed by atoms with van der Waals surface area (Å²) in [4.78, 5) is 4.86. The average Bonchev–Trinajstić information content (AvgIpc) is 3.21. The molecule has 1 aromatic heterocycles. The Labute approximate surface area is 195 Å². The van der Waals surface area contributed by atoms with E-state index >= 15 is 0 Å². The highest BCUT2D eigenvalue weighted by atomic mass is 35.5. The van der Waals surface area contributed by atoms with E-state index in [0.717, 1.165) is 33.4 Å². The van der Waals surface area contributed by atoms with Gasteiger partial charge >= 0.3 is 0 Å². The summed E-state index contributed by atoms with van der Waals surface area (Å²) < 4.78 is 7.57. The van der Waals surface area contributed by atoms with Gasteiger partial charge in [0.25, 0.3) is 0 Å². The summed E-state index contributed by atoms with van der Waals surface area (Å²) in [7, 11) is 1.65. The standard InChI is InChI=1S/C24H17Cl2N3OS/c1-30-23-5-3-2-4-22(23)29-14-21(19-11-10-18(25)12-20(19)26)28-24(29)31-15-17-8-6-16(13-27)7-9-17/h2-12,14H,15H2,1H3. The first kappa shape index (κ1) is 21.3. The van der Waals surface area contributed by atoms with Crippen molar-refractivity contribution < 1.29 is 4.74 Å². The predicted octanol–water partition coefficient (Wildman–Crippen LogP) is 7.02. The van der Waals surface area contributed by atoms with E-state index < -0.39 is 0 Å². The highest BCUT2D eigenvalue weighted by molar-refractivity contribution is 7.98. The summed E-state index contributed by atoms with van der Waals surface area (Å²) in [6, 6.07) is 22.9. The molecule has 0 saturated heterocycles. The monoisotopic (exact) mass is 465 g/mol. The molecule has 4 aromatic rings. The molecule has 0 bridgehead atoms. The van der Waals surface area contributed by atoms with Gasteiger partial charge in [0.2, 0.25) is 0 Å². The van der Waals surface area contributed by atoms with Gasteiger partial charge in [-0.05, 0) is 48.0 Å². The largest absolute Gasteiger partial charge is 0.495 e. The van der Waals surface area contributed by atoms with E-state index in [9.17, 15) is 0 Å². The van der Waals surface area contributed by atoms with Crippen LogP contribution >= 0.6 is 35.0 Å². The predicted molar refractivity (Wildman–Crippen MR) is 126 cm³/mol. The number of nitriles is 1. The van der Waals surface area contributed by atoms with Crippen LogP contribution in [0.1, 0.15) is 11.1 Å². The zero-order valence-corrected chi connectivity index (χ0v) is 18.9. The Bertz CT molecular complexity index is 1260. The quantitative estimate of drug-likeness (QED) is 0.287. The molecule has 0 fully saturated rings. The summed E-state index contributed by atoms with van der Waals surface area (Å²) in [5.41, 5.74) is 4.18. The minimum atomic E-state index is 0.542. The molecule has 0 N–H and O–H groups in total. The Morgan fingerprint density at radius 1 is 1.06 bits per heavy atom. The molecule has 0 radical (unpaired) electrons. The number of para-hydroxylation sites is 2. The van der Waals surface area contributed by atoms with E-state index in [2.05, 4.69) is 6.07 Å². The van der Waals surface area contributed by atoms with Gasteiger partial charge in [-0.1, -0.05) is 59.2 Å². The van der Waals surface area contributed by atoms with Gasteiger partial charge in [0, 0.05) is 22.5 Å². The van der Waals surface area contributed by atoms with Gasteiger partial charge in [0.15, 0.2) is 5.16 Å². The second-order valence-corrected chi connectivity index (χ2v) is 8.46. The molecular weight excluding hydrogens is 449 g/mol. The minimum Gasteiger partial charge on any atom is -0.495 e. The van der Waals surface area contributed by atoms with Crippen LogP contribution in [0.15, 0.2) is 78.1 Å². The van der Waals surface area contributed by atoms with Crippen molar-refractivity contribution in [3.63, 3.8) is 0 Å². The average molecular weight is 466 g/mol. The molecule has 0 amide bonds. The second kappa shape index (κ2) is 9.49. The van der Waals surface area contributed by atoms with Crippen LogP contribution in [-0.2, 0) is 5.75 Å². The number of methoxy groups -OCH3 is 1. The molecule has 7 heteroatoms. The van der Waals surface area contributed by atoms with Crippen LogP contribution in [0.3, 0.4) is 0 Å². The van der Waals surface area contributed by atoms with Gasteiger partial charge in [-0.2, -0.15) is 5.26 Å². The first-order valence-corrected chi connectivity index (χ1v) is 11.1. The highest BCUT2D eigenvalue weighted by Gasteiger charge is 2.16. The number of halogens is 2. The van der Waals surface area contributed by atoms with E-state index in [-0.39, 0.29) is 0 Å². The lowest BCUT2D eigenvalue weighted by Crippen LogP contribution is -1.98. The van der Waals surface area contributed by atoms with Crippen molar-refractivity contribution in [2.24, 2.45) is 0 Å². The summed E-state index contributed by atoms with van der Waals surface area (Å²) in [6.45, 7) is 0. The summed E-state index contributed by atoms with van der Waals surface area (Å²) in [5.74, 6) is 1.44. The van der Waals surface area contributed by atoms with E-state index in [0.29, 0.717) is 21.4 Å². The number of rotatable bonds is 6. The molecule has 4 rings (SSSR count). The Morgan fingerprint density at radius 2 is 1.84 bits per heavy atom. The number of ether oxygens (including phenoxy) is 1. The van der Waals surface area contributed by atoms with Gasteiger partial charge in [-0.25, -0.2) is 4.98 Å². The van der Waals surface area contributed by atoms with Crippen LogP contribution < -0.4 is 4.74 Å². The van der Waals surface area contributed by atoms with Gasteiger partial charge in [0.1, 0.15) is 5.75 Å². The number of nitrogens with zero attached hydrogens (tertiary/aromatic N) is 3. The maximum Gasteiger partial charge on any atom is 0.173 e. The summed E-state index contributed by atoms with van der Waals surface area (Å²) in [5, 5.41) is 10.9. The molecule has 0 atom stereocenters. The van der Waals surface area contributed by atoms with Crippen molar-refractivity contribution in [1.29, 1.82) is 5.26 Å². The first-order valence-electron chi connectivity index (χ1n) is 9.39. The summed E-state index contributed by atoms with van der Waals surface area (Å²) in [6.07, 6.45) is 1.95. The van der Waals surface area contributed by atoms with Gasteiger partial charge in [0.05, 0.1) is 35.1 Å². The van der Waals surface area contributed by atoms with Crippen LogP contribution in [0.2, 0.25) is 10.0 Å².